The number of carbonyl (C=O) groups is 2. The van der Waals surface area contributed by atoms with E-state index in [9.17, 15) is 9.59 Å². The number of aromatic nitrogens is 4. The molecule has 0 radical (unpaired) electrons. The van der Waals surface area contributed by atoms with Gasteiger partial charge < -0.3 is 10.0 Å². The van der Waals surface area contributed by atoms with Gasteiger partial charge in [0.25, 0.3) is 5.91 Å². The largest absolute Gasteiger partial charge is 0.481 e. The van der Waals surface area contributed by atoms with Crippen molar-refractivity contribution in [3.05, 3.63) is 35.4 Å². The molecule has 0 aliphatic rings. The summed E-state index contributed by atoms with van der Waals surface area (Å²) in [6.07, 6.45) is 4.78. The van der Waals surface area contributed by atoms with E-state index in [1.165, 1.54) is 10.9 Å². The SMILES string of the molecule is CCn1ncc(CN(C)C(=O)c2cnn(CCC(=O)O)c2)c1C. The van der Waals surface area contributed by atoms with Crippen molar-refractivity contribution >= 4 is 11.9 Å². The quantitative estimate of drug-likeness (QED) is 0.826. The third-order valence-electron chi connectivity index (χ3n) is 3.69. The summed E-state index contributed by atoms with van der Waals surface area (Å²) in [6, 6.07) is 0. The Morgan fingerprint density at radius 1 is 1.30 bits per heavy atom. The zero-order valence-electron chi connectivity index (χ0n) is 13.6. The second-order valence-corrected chi connectivity index (χ2v) is 5.37. The molecule has 1 N–H and O–H groups in total. The van der Waals surface area contributed by atoms with Gasteiger partial charge in [-0.05, 0) is 13.8 Å². The zero-order valence-corrected chi connectivity index (χ0v) is 13.6. The Labute approximate surface area is 134 Å². The first-order valence-electron chi connectivity index (χ1n) is 7.43. The normalized spacial score (nSPS) is 10.7. The summed E-state index contributed by atoms with van der Waals surface area (Å²) < 4.78 is 3.35. The van der Waals surface area contributed by atoms with E-state index in [0.717, 1.165) is 17.8 Å². The fourth-order valence-electron chi connectivity index (χ4n) is 2.31. The number of carboxylic acid groups (broad SMARTS) is 1. The number of nitrogens with zero attached hydrogens (tertiary/aromatic N) is 5. The highest BCUT2D eigenvalue weighted by atomic mass is 16.4. The van der Waals surface area contributed by atoms with Crippen LogP contribution in [0.4, 0.5) is 0 Å². The molecule has 2 aromatic heterocycles. The maximum Gasteiger partial charge on any atom is 0.305 e. The number of hydrogen-bond donors (Lipinski definition) is 1. The molecule has 0 fully saturated rings. The van der Waals surface area contributed by atoms with Gasteiger partial charge in [0.15, 0.2) is 0 Å². The lowest BCUT2D eigenvalue weighted by molar-refractivity contribution is -0.137. The van der Waals surface area contributed by atoms with Crippen LogP contribution in [0.25, 0.3) is 0 Å². The van der Waals surface area contributed by atoms with Crippen LogP contribution < -0.4 is 0 Å². The van der Waals surface area contributed by atoms with Crippen molar-refractivity contribution in [1.29, 1.82) is 0 Å². The fourth-order valence-corrected chi connectivity index (χ4v) is 2.31. The molecule has 0 aliphatic carbocycles. The molecule has 2 heterocycles. The maximum atomic E-state index is 12.4. The zero-order chi connectivity index (χ0) is 17.0. The second kappa shape index (κ2) is 7.08. The Kier molecular flexibility index (Phi) is 5.15. The van der Waals surface area contributed by atoms with E-state index < -0.39 is 5.97 Å². The molecule has 2 rings (SSSR count). The first-order valence-corrected chi connectivity index (χ1v) is 7.43. The lowest BCUT2D eigenvalue weighted by Crippen LogP contribution is -2.26. The van der Waals surface area contributed by atoms with Gasteiger partial charge in [-0.15, -0.1) is 0 Å². The Morgan fingerprint density at radius 2 is 2.04 bits per heavy atom. The first-order chi connectivity index (χ1) is 10.9. The monoisotopic (exact) mass is 319 g/mol. The topological polar surface area (TPSA) is 93.3 Å². The summed E-state index contributed by atoms with van der Waals surface area (Å²) in [6.45, 7) is 5.50. The molecule has 8 nitrogen and oxygen atoms in total. The van der Waals surface area contributed by atoms with Crippen molar-refractivity contribution in [2.45, 2.75) is 39.9 Å². The molecule has 0 aromatic carbocycles. The van der Waals surface area contributed by atoms with Crippen molar-refractivity contribution in [2.24, 2.45) is 0 Å². The van der Waals surface area contributed by atoms with Crippen LogP contribution >= 0.6 is 0 Å². The molecule has 1 amide bonds. The van der Waals surface area contributed by atoms with Gasteiger partial charge in [0.1, 0.15) is 0 Å². The molecule has 2 aromatic rings. The predicted molar refractivity (Wildman–Crippen MR) is 82.9 cm³/mol. The Balaban J connectivity index is 2.01. The molecular weight excluding hydrogens is 298 g/mol. The average molecular weight is 319 g/mol. The molecule has 0 bridgehead atoms. The van der Waals surface area contributed by atoms with Gasteiger partial charge in [0.2, 0.25) is 0 Å². The first kappa shape index (κ1) is 16.7. The maximum absolute atomic E-state index is 12.4. The predicted octanol–water partition coefficient (Wildman–Crippen LogP) is 1.15. The minimum atomic E-state index is -0.895. The number of amides is 1. The van der Waals surface area contributed by atoms with Gasteiger partial charge in [-0.3, -0.25) is 19.0 Å². The molecule has 0 unspecified atom stereocenters. The summed E-state index contributed by atoms with van der Waals surface area (Å²) in [5.41, 5.74) is 2.49. The van der Waals surface area contributed by atoms with Crippen LogP contribution in [0.15, 0.2) is 18.6 Å². The van der Waals surface area contributed by atoms with E-state index in [-0.39, 0.29) is 18.9 Å². The van der Waals surface area contributed by atoms with E-state index in [2.05, 4.69) is 10.2 Å². The molecule has 0 saturated carbocycles. The molecule has 8 heteroatoms. The number of aryl methyl sites for hydroxylation is 2. The molecule has 0 saturated heterocycles. The molecular formula is C15H21N5O3. The summed E-state index contributed by atoms with van der Waals surface area (Å²) in [4.78, 5) is 24.6. The van der Waals surface area contributed by atoms with Crippen LogP contribution in [0.1, 0.15) is 35.0 Å². The van der Waals surface area contributed by atoms with E-state index in [1.807, 2.05) is 18.5 Å². The molecule has 0 spiro atoms. The van der Waals surface area contributed by atoms with E-state index in [0.29, 0.717) is 12.1 Å². The van der Waals surface area contributed by atoms with E-state index in [1.54, 1.807) is 24.3 Å². The third kappa shape index (κ3) is 3.97. The summed E-state index contributed by atoms with van der Waals surface area (Å²) >= 11 is 0. The standard InChI is InChI=1S/C15H21N5O3/c1-4-20-11(2)12(7-17-20)9-18(3)15(23)13-8-16-19(10-13)6-5-14(21)22/h7-8,10H,4-6,9H2,1-3H3,(H,21,22). The van der Waals surface area contributed by atoms with Crippen LogP contribution in [0, 0.1) is 6.92 Å². The number of hydrogen-bond acceptors (Lipinski definition) is 4. The van der Waals surface area contributed by atoms with Gasteiger partial charge in [0.05, 0.1) is 30.9 Å². The molecule has 0 atom stereocenters. The van der Waals surface area contributed by atoms with Gasteiger partial charge in [-0.1, -0.05) is 0 Å². The molecule has 23 heavy (non-hydrogen) atoms. The van der Waals surface area contributed by atoms with Gasteiger partial charge in [-0.25, -0.2) is 0 Å². The van der Waals surface area contributed by atoms with Crippen molar-refractivity contribution in [3.8, 4) is 0 Å². The van der Waals surface area contributed by atoms with Crippen LogP contribution in [-0.2, 0) is 24.4 Å². The van der Waals surface area contributed by atoms with Crippen LogP contribution in [0.5, 0.6) is 0 Å². The highest BCUT2D eigenvalue weighted by Gasteiger charge is 2.16. The van der Waals surface area contributed by atoms with Gasteiger partial charge in [-0.2, -0.15) is 10.2 Å². The number of rotatable bonds is 7. The van der Waals surface area contributed by atoms with Crippen molar-refractivity contribution in [3.63, 3.8) is 0 Å². The minimum Gasteiger partial charge on any atom is -0.481 e. The summed E-state index contributed by atoms with van der Waals surface area (Å²) in [7, 11) is 1.72. The Hall–Kier alpha value is -2.64. The summed E-state index contributed by atoms with van der Waals surface area (Å²) in [5, 5.41) is 17.0. The molecule has 0 aliphatic heterocycles. The highest BCUT2D eigenvalue weighted by molar-refractivity contribution is 5.93. The van der Waals surface area contributed by atoms with Crippen LogP contribution in [-0.4, -0.2) is 48.5 Å². The van der Waals surface area contributed by atoms with Gasteiger partial charge in [0, 0.05) is 37.6 Å². The highest BCUT2D eigenvalue weighted by Crippen LogP contribution is 2.12. The average Bonchev–Trinajstić information content (AvgIpc) is 3.12. The number of aliphatic carboxylic acids is 1. The fraction of sp³-hybridized carbons (Fsp3) is 0.467. The third-order valence-corrected chi connectivity index (χ3v) is 3.69. The number of carboxylic acids is 1. The second-order valence-electron chi connectivity index (χ2n) is 5.37. The lowest BCUT2D eigenvalue weighted by atomic mass is 10.2. The van der Waals surface area contributed by atoms with Crippen molar-refractivity contribution in [1.82, 2.24) is 24.5 Å². The van der Waals surface area contributed by atoms with Crippen LogP contribution in [0.3, 0.4) is 0 Å². The van der Waals surface area contributed by atoms with Crippen LogP contribution in [0.2, 0.25) is 0 Å². The number of carbonyl (C=O) groups excluding carboxylic acids is 1. The lowest BCUT2D eigenvalue weighted by Gasteiger charge is -2.16. The minimum absolute atomic E-state index is 0.0272. The van der Waals surface area contributed by atoms with Crippen molar-refractivity contribution < 1.29 is 14.7 Å². The Bertz CT molecular complexity index is 704. The summed E-state index contributed by atoms with van der Waals surface area (Å²) in [5.74, 6) is -1.05. The van der Waals surface area contributed by atoms with Crippen molar-refractivity contribution in [2.75, 3.05) is 7.05 Å². The van der Waals surface area contributed by atoms with E-state index >= 15 is 0 Å². The smallest absolute Gasteiger partial charge is 0.305 e. The molecule has 124 valence electrons. The van der Waals surface area contributed by atoms with E-state index in [4.69, 9.17) is 5.11 Å². The Morgan fingerprint density at radius 3 is 2.65 bits per heavy atom. The van der Waals surface area contributed by atoms with Gasteiger partial charge >= 0.3 is 5.97 Å².